The Balaban J connectivity index is 1.44. The summed E-state index contributed by atoms with van der Waals surface area (Å²) in [5.74, 6) is 0.763. The number of hydrogen-bond acceptors (Lipinski definition) is 3. The second kappa shape index (κ2) is 7.64. The number of H-pyrrole nitrogens is 1. The number of aromatic nitrogens is 4. The lowest BCUT2D eigenvalue weighted by Gasteiger charge is -2.32. The molecule has 4 rings (SSSR count). The van der Waals surface area contributed by atoms with Crippen molar-refractivity contribution < 1.29 is 4.39 Å². The highest BCUT2D eigenvalue weighted by atomic mass is 19.1. The van der Waals surface area contributed by atoms with Crippen LogP contribution in [0.1, 0.15) is 55.3 Å². The Morgan fingerprint density at radius 3 is 2.81 bits per heavy atom. The first-order chi connectivity index (χ1) is 13.1. The van der Waals surface area contributed by atoms with E-state index in [4.69, 9.17) is 0 Å². The number of nitrogens with one attached hydrogen (secondary N) is 1. The average molecular weight is 367 g/mol. The SMILES string of the molecule is CC(C)c1cn[nH]c1C1CCCN(Cc2cnn(-c3ccc(F)cc3)c2)C1. The molecule has 0 saturated carbocycles. The minimum Gasteiger partial charge on any atom is -0.298 e. The Hall–Kier alpha value is -2.47. The van der Waals surface area contributed by atoms with E-state index in [9.17, 15) is 4.39 Å². The van der Waals surface area contributed by atoms with Crippen molar-refractivity contribution in [2.24, 2.45) is 0 Å². The van der Waals surface area contributed by atoms with Crippen LogP contribution < -0.4 is 0 Å². The largest absolute Gasteiger partial charge is 0.298 e. The van der Waals surface area contributed by atoms with Gasteiger partial charge in [0.25, 0.3) is 0 Å². The molecule has 1 aliphatic heterocycles. The van der Waals surface area contributed by atoms with E-state index in [0.717, 1.165) is 25.3 Å². The smallest absolute Gasteiger partial charge is 0.123 e. The van der Waals surface area contributed by atoms with E-state index in [-0.39, 0.29) is 5.82 Å². The van der Waals surface area contributed by atoms with Gasteiger partial charge in [-0.2, -0.15) is 10.2 Å². The lowest BCUT2D eigenvalue weighted by Crippen LogP contribution is -2.34. The number of rotatable bonds is 5. The normalized spacial score (nSPS) is 18.3. The van der Waals surface area contributed by atoms with Gasteiger partial charge in [-0.3, -0.25) is 10.00 Å². The van der Waals surface area contributed by atoms with E-state index in [1.165, 1.54) is 41.8 Å². The molecule has 5 nitrogen and oxygen atoms in total. The summed E-state index contributed by atoms with van der Waals surface area (Å²) >= 11 is 0. The van der Waals surface area contributed by atoms with Crippen LogP contribution in [0.2, 0.25) is 0 Å². The second-order valence-corrected chi connectivity index (χ2v) is 7.74. The predicted molar refractivity (Wildman–Crippen MR) is 103 cm³/mol. The van der Waals surface area contributed by atoms with Gasteiger partial charge < -0.3 is 0 Å². The average Bonchev–Trinajstić information content (AvgIpc) is 3.32. The first kappa shape index (κ1) is 17.9. The molecule has 1 aliphatic rings. The Morgan fingerprint density at radius 1 is 1.22 bits per heavy atom. The van der Waals surface area contributed by atoms with Crippen LogP contribution in [-0.4, -0.2) is 38.0 Å². The van der Waals surface area contributed by atoms with Crippen molar-refractivity contribution in [1.29, 1.82) is 0 Å². The molecule has 6 heteroatoms. The maximum atomic E-state index is 13.1. The molecular weight excluding hydrogens is 341 g/mol. The Kier molecular flexibility index (Phi) is 5.07. The van der Waals surface area contributed by atoms with E-state index >= 15 is 0 Å². The minimum absolute atomic E-state index is 0.231. The highest BCUT2D eigenvalue weighted by Gasteiger charge is 2.25. The fourth-order valence-corrected chi connectivity index (χ4v) is 3.96. The summed E-state index contributed by atoms with van der Waals surface area (Å²) in [6, 6.07) is 6.41. The standard InChI is InChI=1S/C21H26FN5/c1-15(2)20-11-23-25-21(20)17-4-3-9-26(14-17)12-16-10-24-27(13-16)19-7-5-18(22)6-8-19/h5-8,10-11,13,15,17H,3-4,9,12,14H2,1-2H3,(H,23,25). The zero-order chi connectivity index (χ0) is 18.8. The number of likely N-dealkylation sites (tertiary alicyclic amines) is 1. The van der Waals surface area contributed by atoms with Crippen molar-refractivity contribution in [2.45, 2.75) is 45.1 Å². The monoisotopic (exact) mass is 367 g/mol. The molecule has 1 N–H and O–H groups in total. The molecule has 0 spiro atoms. The fourth-order valence-electron chi connectivity index (χ4n) is 3.96. The van der Waals surface area contributed by atoms with Gasteiger partial charge in [0.05, 0.1) is 18.1 Å². The molecule has 142 valence electrons. The summed E-state index contributed by atoms with van der Waals surface area (Å²) in [6.07, 6.45) is 8.31. The minimum atomic E-state index is -0.231. The van der Waals surface area contributed by atoms with Crippen molar-refractivity contribution in [1.82, 2.24) is 24.9 Å². The first-order valence-corrected chi connectivity index (χ1v) is 9.65. The van der Waals surface area contributed by atoms with Crippen molar-refractivity contribution in [3.05, 3.63) is 65.5 Å². The van der Waals surface area contributed by atoms with Gasteiger partial charge in [-0.25, -0.2) is 9.07 Å². The van der Waals surface area contributed by atoms with Crippen LogP contribution in [0.15, 0.2) is 42.9 Å². The molecule has 1 unspecified atom stereocenters. The highest BCUT2D eigenvalue weighted by Crippen LogP contribution is 2.31. The summed E-state index contributed by atoms with van der Waals surface area (Å²) in [6.45, 7) is 7.45. The van der Waals surface area contributed by atoms with E-state index in [0.29, 0.717) is 11.8 Å². The molecular formula is C21H26FN5. The molecule has 0 amide bonds. The quantitative estimate of drug-likeness (QED) is 0.734. The second-order valence-electron chi connectivity index (χ2n) is 7.74. The van der Waals surface area contributed by atoms with Crippen molar-refractivity contribution in [2.75, 3.05) is 13.1 Å². The third-order valence-corrected chi connectivity index (χ3v) is 5.37. The molecule has 3 heterocycles. The zero-order valence-corrected chi connectivity index (χ0v) is 15.9. The van der Waals surface area contributed by atoms with E-state index in [1.54, 1.807) is 12.1 Å². The molecule has 0 bridgehead atoms. The molecule has 0 radical (unpaired) electrons. The number of nitrogens with zero attached hydrogens (tertiary/aromatic N) is 4. The van der Waals surface area contributed by atoms with Crippen LogP contribution in [0.25, 0.3) is 5.69 Å². The van der Waals surface area contributed by atoms with Crippen LogP contribution >= 0.6 is 0 Å². The third-order valence-electron chi connectivity index (χ3n) is 5.37. The van der Waals surface area contributed by atoms with Crippen LogP contribution in [0.3, 0.4) is 0 Å². The van der Waals surface area contributed by atoms with Crippen LogP contribution in [-0.2, 0) is 6.54 Å². The van der Waals surface area contributed by atoms with Crippen molar-refractivity contribution in [3.63, 3.8) is 0 Å². The highest BCUT2D eigenvalue weighted by molar-refractivity contribution is 5.31. The van der Waals surface area contributed by atoms with Gasteiger partial charge in [-0.15, -0.1) is 0 Å². The maximum Gasteiger partial charge on any atom is 0.123 e. The summed E-state index contributed by atoms with van der Waals surface area (Å²) in [4.78, 5) is 2.49. The Bertz CT molecular complexity index is 880. The molecule has 27 heavy (non-hydrogen) atoms. The Labute approximate surface area is 159 Å². The van der Waals surface area contributed by atoms with Crippen molar-refractivity contribution in [3.8, 4) is 5.69 Å². The molecule has 1 saturated heterocycles. The van der Waals surface area contributed by atoms with E-state index < -0.39 is 0 Å². The van der Waals surface area contributed by atoms with Crippen LogP contribution in [0.4, 0.5) is 4.39 Å². The van der Waals surface area contributed by atoms with Crippen LogP contribution in [0.5, 0.6) is 0 Å². The molecule has 0 aliphatic carbocycles. The topological polar surface area (TPSA) is 49.7 Å². The molecule has 3 aromatic rings. The molecule has 1 aromatic carbocycles. The molecule has 2 aromatic heterocycles. The van der Waals surface area contributed by atoms with Gasteiger partial charge in [0.15, 0.2) is 0 Å². The number of benzene rings is 1. The summed E-state index contributed by atoms with van der Waals surface area (Å²) in [5.41, 5.74) is 4.69. The zero-order valence-electron chi connectivity index (χ0n) is 15.9. The molecule has 1 atom stereocenters. The van der Waals surface area contributed by atoms with Gasteiger partial charge in [-0.05, 0) is 55.1 Å². The summed E-state index contributed by atoms with van der Waals surface area (Å²) in [5, 5.41) is 12.0. The van der Waals surface area contributed by atoms with Crippen molar-refractivity contribution >= 4 is 0 Å². The van der Waals surface area contributed by atoms with Gasteiger partial charge in [0, 0.05) is 36.5 Å². The van der Waals surface area contributed by atoms with E-state index in [2.05, 4.69) is 34.0 Å². The number of piperidine rings is 1. The lowest BCUT2D eigenvalue weighted by molar-refractivity contribution is 0.198. The predicted octanol–water partition coefficient (Wildman–Crippen LogP) is 4.24. The first-order valence-electron chi connectivity index (χ1n) is 9.65. The number of halogens is 1. The third kappa shape index (κ3) is 3.95. The van der Waals surface area contributed by atoms with Crippen LogP contribution in [0, 0.1) is 5.82 Å². The number of aromatic amines is 1. The van der Waals surface area contributed by atoms with Gasteiger partial charge in [-0.1, -0.05) is 13.8 Å². The summed E-state index contributed by atoms with van der Waals surface area (Å²) in [7, 11) is 0. The lowest BCUT2D eigenvalue weighted by atomic mass is 9.89. The van der Waals surface area contributed by atoms with Gasteiger partial charge in [0.2, 0.25) is 0 Å². The van der Waals surface area contributed by atoms with Gasteiger partial charge in [0.1, 0.15) is 5.82 Å². The molecule has 1 fully saturated rings. The summed E-state index contributed by atoms with van der Waals surface area (Å²) < 4.78 is 14.9. The van der Waals surface area contributed by atoms with E-state index in [1.807, 2.05) is 23.3 Å². The number of hydrogen-bond donors (Lipinski definition) is 1. The maximum absolute atomic E-state index is 13.1. The fraction of sp³-hybridized carbons (Fsp3) is 0.429. The Morgan fingerprint density at radius 2 is 2.04 bits per heavy atom. The van der Waals surface area contributed by atoms with Gasteiger partial charge >= 0.3 is 0 Å².